The van der Waals surface area contributed by atoms with Gasteiger partial charge in [-0.1, -0.05) is 6.08 Å². The van der Waals surface area contributed by atoms with Crippen LogP contribution in [0.15, 0.2) is 17.6 Å². The third-order valence-electron chi connectivity index (χ3n) is 6.32. The first-order valence-electron chi connectivity index (χ1n) is 10.4. The van der Waals surface area contributed by atoms with Gasteiger partial charge in [0.15, 0.2) is 5.96 Å². The Morgan fingerprint density at radius 1 is 1.19 bits per heavy atom. The number of ether oxygens (including phenoxy) is 1. The van der Waals surface area contributed by atoms with Crippen LogP contribution in [0, 0.1) is 0 Å². The molecule has 6 heteroatoms. The summed E-state index contributed by atoms with van der Waals surface area (Å²) >= 11 is 0. The minimum Gasteiger partial charge on any atom is -0.381 e. The molecule has 3 heterocycles. The zero-order valence-electron chi connectivity index (χ0n) is 16.5. The van der Waals surface area contributed by atoms with Gasteiger partial charge < -0.3 is 15.4 Å². The minimum atomic E-state index is 0.236. The van der Waals surface area contributed by atoms with Crippen molar-refractivity contribution in [1.82, 2.24) is 20.4 Å². The highest BCUT2D eigenvalue weighted by Crippen LogP contribution is 2.30. The first-order chi connectivity index (χ1) is 12.8. The van der Waals surface area contributed by atoms with Crippen molar-refractivity contribution in [3.63, 3.8) is 0 Å². The third-order valence-corrected chi connectivity index (χ3v) is 6.32. The normalized spacial score (nSPS) is 26.0. The molecule has 0 aromatic carbocycles. The SMILES string of the molecule is C=CCN1CCC(NC(=NC)NCC2(N3CCCC3)CCOCC2)CC1. The van der Waals surface area contributed by atoms with Crippen LogP contribution >= 0.6 is 0 Å². The van der Waals surface area contributed by atoms with Crippen molar-refractivity contribution in [3.8, 4) is 0 Å². The molecule has 2 N–H and O–H groups in total. The van der Waals surface area contributed by atoms with Crippen LogP contribution in [0.4, 0.5) is 0 Å². The maximum absolute atomic E-state index is 5.66. The summed E-state index contributed by atoms with van der Waals surface area (Å²) in [5, 5.41) is 7.30. The average Bonchev–Trinajstić information content (AvgIpc) is 3.23. The lowest BCUT2D eigenvalue weighted by molar-refractivity contribution is -0.0164. The molecule has 3 fully saturated rings. The highest BCUT2D eigenvalue weighted by atomic mass is 16.5. The predicted octanol–water partition coefficient (Wildman–Crippen LogP) is 1.45. The Morgan fingerprint density at radius 2 is 1.88 bits per heavy atom. The number of piperidine rings is 1. The van der Waals surface area contributed by atoms with E-state index in [1.807, 2.05) is 13.1 Å². The quantitative estimate of drug-likeness (QED) is 0.425. The van der Waals surface area contributed by atoms with Gasteiger partial charge in [0, 0.05) is 58.0 Å². The summed E-state index contributed by atoms with van der Waals surface area (Å²) in [7, 11) is 1.88. The fraction of sp³-hybridized carbons (Fsp3) is 0.850. The summed E-state index contributed by atoms with van der Waals surface area (Å²) in [6.07, 6.45) is 9.24. The lowest BCUT2D eigenvalue weighted by Gasteiger charge is -2.45. The number of hydrogen-bond donors (Lipinski definition) is 2. The fourth-order valence-electron chi connectivity index (χ4n) is 4.63. The van der Waals surface area contributed by atoms with Crippen LogP contribution in [-0.4, -0.2) is 86.9 Å². The summed E-state index contributed by atoms with van der Waals surface area (Å²) in [4.78, 5) is 9.66. The van der Waals surface area contributed by atoms with E-state index >= 15 is 0 Å². The topological polar surface area (TPSA) is 52.1 Å². The maximum atomic E-state index is 5.66. The molecule has 0 bridgehead atoms. The van der Waals surface area contributed by atoms with Gasteiger partial charge in [0.25, 0.3) is 0 Å². The second-order valence-electron chi connectivity index (χ2n) is 7.96. The summed E-state index contributed by atoms with van der Waals surface area (Å²) in [6, 6.07) is 0.514. The standard InChI is InChI=1S/C20H37N5O/c1-3-10-24-13-6-18(7-14-24)23-19(21-2)22-17-20(8-15-26-16-9-20)25-11-4-5-12-25/h3,18H,1,4-17H2,2H3,(H2,21,22,23). The smallest absolute Gasteiger partial charge is 0.191 e. The van der Waals surface area contributed by atoms with E-state index in [0.29, 0.717) is 6.04 Å². The molecule has 0 atom stereocenters. The van der Waals surface area contributed by atoms with Crippen molar-refractivity contribution in [3.05, 3.63) is 12.7 Å². The molecule has 3 rings (SSSR count). The molecule has 0 aromatic heterocycles. The Kier molecular flexibility index (Phi) is 7.34. The number of guanidine groups is 1. The molecular weight excluding hydrogens is 326 g/mol. The van der Waals surface area contributed by atoms with Crippen LogP contribution in [0.1, 0.15) is 38.5 Å². The van der Waals surface area contributed by atoms with E-state index in [-0.39, 0.29) is 5.54 Å². The zero-order valence-corrected chi connectivity index (χ0v) is 16.5. The average molecular weight is 364 g/mol. The van der Waals surface area contributed by atoms with Crippen molar-refractivity contribution in [1.29, 1.82) is 0 Å². The van der Waals surface area contributed by atoms with Gasteiger partial charge in [-0.2, -0.15) is 0 Å². The Hall–Kier alpha value is -1.11. The molecule has 0 saturated carbocycles. The van der Waals surface area contributed by atoms with Gasteiger partial charge in [0.05, 0.1) is 0 Å². The van der Waals surface area contributed by atoms with Crippen LogP contribution in [0.3, 0.4) is 0 Å². The van der Waals surface area contributed by atoms with Gasteiger partial charge in [-0.3, -0.25) is 14.8 Å². The number of aliphatic imine (C=N–C) groups is 1. The first kappa shape index (κ1) is 19.6. The van der Waals surface area contributed by atoms with Gasteiger partial charge in [-0.05, 0) is 51.6 Å². The Labute approximate surface area is 159 Å². The third kappa shape index (κ3) is 4.99. The van der Waals surface area contributed by atoms with E-state index in [9.17, 15) is 0 Å². The number of nitrogens with zero attached hydrogens (tertiary/aromatic N) is 3. The Bertz CT molecular complexity index is 461. The molecule has 6 nitrogen and oxygen atoms in total. The number of nitrogens with one attached hydrogen (secondary N) is 2. The van der Waals surface area contributed by atoms with Gasteiger partial charge in [0.1, 0.15) is 0 Å². The zero-order chi connectivity index (χ0) is 18.2. The van der Waals surface area contributed by atoms with Crippen LogP contribution in [0.25, 0.3) is 0 Å². The van der Waals surface area contributed by atoms with Crippen molar-refractivity contribution in [2.75, 3.05) is 59.5 Å². The minimum absolute atomic E-state index is 0.236. The molecule has 0 spiro atoms. The van der Waals surface area contributed by atoms with Crippen LogP contribution in [0.2, 0.25) is 0 Å². The summed E-state index contributed by atoms with van der Waals surface area (Å²) < 4.78 is 5.66. The van der Waals surface area contributed by atoms with Gasteiger partial charge in [-0.25, -0.2) is 0 Å². The van der Waals surface area contributed by atoms with E-state index in [4.69, 9.17) is 4.74 Å². The van der Waals surface area contributed by atoms with E-state index in [0.717, 1.165) is 58.2 Å². The Morgan fingerprint density at radius 3 is 2.50 bits per heavy atom. The number of rotatable bonds is 6. The highest BCUT2D eigenvalue weighted by molar-refractivity contribution is 5.80. The van der Waals surface area contributed by atoms with Gasteiger partial charge in [0.2, 0.25) is 0 Å². The van der Waals surface area contributed by atoms with Crippen LogP contribution in [0.5, 0.6) is 0 Å². The molecule has 0 aliphatic carbocycles. The molecule has 0 radical (unpaired) electrons. The van der Waals surface area contributed by atoms with E-state index in [1.165, 1.54) is 38.8 Å². The lowest BCUT2D eigenvalue weighted by Crippen LogP contribution is -2.59. The second kappa shape index (κ2) is 9.72. The molecule has 3 aliphatic heterocycles. The fourth-order valence-corrected chi connectivity index (χ4v) is 4.63. The van der Waals surface area contributed by atoms with Crippen molar-refractivity contribution >= 4 is 5.96 Å². The molecule has 0 aromatic rings. The van der Waals surface area contributed by atoms with Crippen LogP contribution in [-0.2, 0) is 4.74 Å². The second-order valence-corrected chi connectivity index (χ2v) is 7.96. The van der Waals surface area contributed by atoms with E-state index in [1.54, 1.807) is 0 Å². The van der Waals surface area contributed by atoms with Crippen molar-refractivity contribution in [2.45, 2.75) is 50.1 Å². The van der Waals surface area contributed by atoms with Gasteiger partial charge >= 0.3 is 0 Å². The van der Waals surface area contributed by atoms with Gasteiger partial charge in [-0.15, -0.1) is 6.58 Å². The molecule has 26 heavy (non-hydrogen) atoms. The molecule has 3 saturated heterocycles. The van der Waals surface area contributed by atoms with Crippen LogP contribution < -0.4 is 10.6 Å². The van der Waals surface area contributed by atoms with Crippen molar-refractivity contribution < 1.29 is 4.74 Å². The molecule has 3 aliphatic rings. The molecular formula is C20H37N5O. The number of hydrogen-bond acceptors (Lipinski definition) is 4. The molecule has 0 unspecified atom stereocenters. The maximum Gasteiger partial charge on any atom is 0.191 e. The number of likely N-dealkylation sites (tertiary alicyclic amines) is 2. The van der Waals surface area contributed by atoms with E-state index < -0.39 is 0 Å². The molecule has 148 valence electrons. The highest BCUT2D eigenvalue weighted by Gasteiger charge is 2.39. The summed E-state index contributed by atoms with van der Waals surface area (Å²) in [5.74, 6) is 0.956. The largest absolute Gasteiger partial charge is 0.381 e. The Balaban J connectivity index is 1.50. The summed E-state index contributed by atoms with van der Waals surface area (Å²) in [5.41, 5.74) is 0.236. The first-order valence-corrected chi connectivity index (χ1v) is 10.4. The lowest BCUT2D eigenvalue weighted by atomic mass is 9.88. The monoisotopic (exact) mass is 363 g/mol. The summed E-state index contributed by atoms with van der Waals surface area (Å²) in [6.45, 7) is 12.3. The van der Waals surface area contributed by atoms with E-state index in [2.05, 4.69) is 32.0 Å². The predicted molar refractivity (Wildman–Crippen MR) is 108 cm³/mol. The molecule has 0 amide bonds. The van der Waals surface area contributed by atoms with Crippen molar-refractivity contribution in [2.24, 2.45) is 4.99 Å².